The zero-order chi connectivity index (χ0) is 20.7. The van der Waals surface area contributed by atoms with Gasteiger partial charge in [0.2, 0.25) is 0 Å². The number of likely N-dealkylation sites (tertiary alicyclic amines) is 1. The molecule has 0 saturated carbocycles. The lowest BCUT2D eigenvalue weighted by molar-refractivity contribution is 0.0725. The van der Waals surface area contributed by atoms with Gasteiger partial charge in [-0.3, -0.25) is 9.59 Å². The molecule has 0 aliphatic carbocycles. The van der Waals surface area contributed by atoms with Gasteiger partial charge in [0, 0.05) is 36.5 Å². The molecule has 0 radical (unpaired) electrons. The van der Waals surface area contributed by atoms with E-state index in [1.165, 1.54) is 4.52 Å². The van der Waals surface area contributed by atoms with Crippen molar-refractivity contribution in [3.05, 3.63) is 82.8 Å². The quantitative estimate of drug-likeness (QED) is 0.496. The number of methoxy groups -OCH3 is 1. The Kier molecular flexibility index (Phi) is 4.56. The molecule has 6 heteroatoms. The molecular weight excluding hydrogens is 378 g/mol. The lowest BCUT2D eigenvalue weighted by atomic mass is 10.0. The van der Waals surface area contributed by atoms with Gasteiger partial charge < -0.3 is 9.64 Å². The Morgan fingerprint density at radius 2 is 1.87 bits per heavy atom. The van der Waals surface area contributed by atoms with E-state index in [1.807, 2.05) is 54.6 Å². The highest BCUT2D eigenvalue weighted by Crippen LogP contribution is 2.27. The summed E-state index contributed by atoms with van der Waals surface area (Å²) in [6.45, 7) is 1.17. The van der Waals surface area contributed by atoms with Crippen molar-refractivity contribution in [3.63, 3.8) is 0 Å². The number of amides is 1. The van der Waals surface area contributed by atoms with Gasteiger partial charge in [-0.15, -0.1) is 0 Å². The molecule has 0 bridgehead atoms. The van der Waals surface area contributed by atoms with Gasteiger partial charge in [-0.2, -0.15) is 9.61 Å². The maximum atomic E-state index is 13.6. The maximum Gasteiger partial charge on any atom is 0.279 e. The molecule has 2 aromatic carbocycles. The predicted molar refractivity (Wildman–Crippen MR) is 116 cm³/mol. The fraction of sp³-hybridized carbons (Fsp3) is 0.208. The molecule has 1 aliphatic heterocycles. The van der Waals surface area contributed by atoms with Gasteiger partial charge in [0.15, 0.2) is 0 Å². The number of fused-ring (bicyclic) bond motifs is 3. The molecule has 2 aromatic heterocycles. The summed E-state index contributed by atoms with van der Waals surface area (Å²) in [7, 11) is 1.67. The van der Waals surface area contributed by atoms with Crippen LogP contribution in [-0.4, -0.2) is 46.7 Å². The number of hydrogen-bond donors (Lipinski definition) is 0. The fourth-order valence-corrected chi connectivity index (χ4v) is 4.18. The Balaban J connectivity index is 1.80. The lowest BCUT2D eigenvalue weighted by Crippen LogP contribution is -2.32. The number of carbonyl (C=O) groups excluding carboxylic acids is 1. The topological polar surface area (TPSA) is 63.9 Å². The van der Waals surface area contributed by atoms with Crippen molar-refractivity contribution in [1.82, 2.24) is 14.5 Å². The summed E-state index contributed by atoms with van der Waals surface area (Å²) in [5.41, 5.74) is 2.01. The van der Waals surface area contributed by atoms with Gasteiger partial charge in [0.1, 0.15) is 0 Å². The number of hydrogen-bond acceptors (Lipinski definition) is 4. The summed E-state index contributed by atoms with van der Waals surface area (Å²) in [5, 5.41) is 6.12. The Bertz CT molecular complexity index is 1310. The van der Waals surface area contributed by atoms with Crippen LogP contribution in [0.3, 0.4) is 0 Å². The highest BCUT2D eigenvalue weighted by molar-refractivity contribution is 6.09. The second kappa shape index (κ2) is 7.39. The number of aromatic nitrogens is 2. The fourth-order valence-electron chi connectivity index (χ4n) is 4.18. The minimum atomic E-state index is -0.241. The van der Waals surface area contributed by atoms with E-state index in [2.05, 4.69) is 5.10 Å². The number of nitrogens with zero attached hydrogens (tertiary/aromatic N) is 3. The average Bonchev–Trinajstić information content (AvgIpc) is 3.29. The zero-order valence-corrected chi connectivity index (χ0v) is 16.6. The molecule has 1 aliphatic rings. The van der Waals surface area contributed by atoms with Gasteiger partial charge in [0.25, 0.3) is 11.5 Å². The summed E-state index contributed by atoms with van der Waals surface area (Å²) >= 11 is 0. The van der Waals surface area contributed by atoms with E-state index in [0.717, 1.165) is 22.8 Å². The van der Waals surface area contributed by atoms with Crippen molar-refractivity contribution in [2.45, 2.75) is 12.5 Å². The van der Waals surface area contributed by atoms with Crippen LogP contribution < -0.4 is 5.56 Å². The molecule has 1 saturated heterocycles. The van der Waals surface area contributed by atoms with Crippen LogP contribution >= 0.6 is 0 Å². The third-order valence-corrected chi connectivity index (χ3v) is 5.79. The van der Waals surface area contributed by atoms with Crippen LogP contribution in [-0.2, 0) is 4.74 Å². The summed E-state index contributed by atoms with van der Waals surface area (Å²) < 4.78 is 6.80. The smallest absolute Gasteiger partial charge is 0.279 e. The molecule has 6 nitrogen and oxygen atoms in total. The first-order chi connectivity index (χ1) is 14.7. The lowest BCUT2D eigenvalue weighted by Gasteiger charge is -2.19. The van der Waals surface area contributed by atoms with E-state index in [1.54, 1.807) is 24.3 Å². The highest BCUT2D eigenvalue weighted by atomic mass is 16.5. The third kappa shape index (κ3) is 2.97. The minimum absolute atomic E-state index is 0.0371. The number of rotatable bonds is 3. The third-order valence-electron chi connectivity index (χ3n) is 5.79. The van der Waals surface area contributed by atoms with E-state index in [9.17, 15) is 9.59 Å². The molecule has 5 rings (SSSR count). The monoisotopic (exact) mass is 399 g/mol. The van der Waals surface area contributed by atoms with Crippen LogP contribution in [0.25, 0.3) is 27.4 Å². The zero-order valence-electron chi connectivity index (χ0n) is 16.6. The minimum Gasteiger partial charge on any atom is -0.380 e. The molecule has 0 N–H and O–H groups in total. The first-order valence-electron chi connectivity index (χ1n) is 9.98. The molecule has 1 fully saturated rings. The largest absolute Gasteiger partial charge is 0.380 e. The Morgan fingerprint density at radius 3 is 2.63 bits per heavy atom. The molecule has 0 unspecified atom stereocenters. The van der Waals surface area contributed by atoms with Gasteiger partial charge in [0.05, 0.1) is 23.4 Å². The number of pyridine rings is 1. The van der Waals surface area contributed by atoms with Crippen molar-refractivity contribution < 1.29 is 9.53 Å². The second-order valence-corrected chi connectivity index (χ2v) is 7.53. The van der Waals surface area contributed by atoms with Crippen LogP contribution in [0, 0.1) is 0 Å². The summed E-state index contributed by atoms with van der Waals surface area (Å²) in [6, 6.07) is 18.8. The molecule has 0 spiro atoms. The standard InChI is InChI=1S/C24H21N3O3/c1-30-18-11-12-26(15-18)23(28)21-13-20(16-7-3-2-4-8-16)24(29)27-22(21)19-10-6-5-9-17(19)14-25-27/h2-10,13-14,18H,11-12,15H2,1H3/t18-/m1/s1. The summed E-state index contributed by atoms with van der Waals surface area (Å²) in [4.78, 5) is 28.7. The van der Waals surface area contributed by atoms with Crippen molar-refractivity contribution >= 4 is 22.2 Å². The van der Waals surface area contributed by atoms with E-state index >= 15 is 0 Å². The Morgan fingerprint density at radius 1 is 1.10 bits per heavy atom. The predicted octanol–water partition coefficient (Wildman–Crippen LogP) is 3.38. The average molecular weight is 399 g/mol. The molecule has 1 amide bonds. The summed E-state index contributed by atoms with van der Waals surface area (Å²) in [5.74, 6) is -0.109. The SMILES string of the molecule is CO[C@@H]1CCN(C(=O)c2cc(-c3ccccc3)c(=O)n3ncc4ccccc4c23)C1. The second-order valence-electron chi connectivity index (χ2n) is 7.53. The molecule has 150 valence electrons. The molecule has 3 heterocycles. The van der Waals surface area contributed by atoms with Crippen molar-refractivity contribution in [2.24, 2.45) is 0 Å². The van der Waals surface area contributed by atoms with E-state index in [0.29, 0.717) is 29.7 Å². The van der Waals surface area contributed by atoms with Gasteiger partial charge >= 0.3 is 0 Å². The van der Waals surface area contributed by atoms with Crippen LogP contribution in [0.4, 0.5) is 0 Å². The van der Waals surface area contributed by atoms with Crippen molar-refractivity contribution in [1.29, 1.82) is 0 Å². The number of carbonyl (C=O) groups is 1. The van der Waals surface area contributed by atoms with Crippen molar-refractivity contribution in [3.8, 4) is 11.1 Å². The van der Waals surface area contributed by atoms with Crippen LogP contribution in [0.1, 0.15) is 16.8 Å². The number of benzene rings is 2. The van der Waals surface area contributed by atoms with Crippen LogP contribution in [0.2, 0.25) is 0 Å². The van der Waals surface area contributed by atoms with Gasteiger partial charge in [-0.05, 0) is 18.1 Å². The van der Waals surface area contributed by atoms with E-state index in [4.69, 9.17) is 4.74 Å². The normalized spacial score (nSPS) is 16.4. The Hall–Kier alpha value is -3.51. The molecule has 1 atom stereocenters. The molecule has 30 heavy (non-hydrogen) atoms. The van der Waals surface area contributed by atoms with Gasteiger partial charge in [-0.25, -0.2) is 0 Å². The van der Waals surface area contributed by atoms with Crippen LogP contribution in [0.15, 0.2) is 71.7 Å². The van der Waals surface area contributed by atoms with E-state index in [-0.39, 0.29) is 17.6 Å². The first-order valence-corrected chi connectivity index (χ1v) is 9.98. The van der Waals surface area contributed by atoms with Gasteiger partial charge in [-0.1, -0.05) is 54.6 Å². The molecular formula is C24H21N3O3. The highest BCUT2D eigenvalue weighted by Gasteiger charge is 2.29. The Labute approximate surface area is 173 Å². The van der Waals surface area contributed by atoms with Crippen molar-refractivity contribution in [2.75, 3.05) is 20.2 Å². The maximum absolute atomic E-state index is 13.6. The number of ether oxygens (including phenoxy) is 1. The molecule has 4 aromatic rings. The van der Waals surface area contributed by atoms with Crippen LogP contribution in [0.5, 0.6) is 0 Å². The first kappa shape index (κ1) is 18.5. The summed E-state index contributed by atoms with van der Waals surface area (Å²) in [6.07, 6.45) is 2.51. The van der Waals surface area contributed by atoms with E-state index < -0.39 is 0 Å².